The molecule has 1 aromatic rings. The van der Waals surface area contributed by atoms with Crippen LogP contribution in [-0.4, -0.2) is 45.3 Å². The normalized spacial score (nSPS) is 13.1. The lowest BCUT2D eigenvalue weighted by atomic mass is 10.3. The highest BCUT2D eigenvalue weighted by Crippen LogP contribution is 2.24. The predicted octanol–water partition coefficient (Wildman–Crippen LogP) is 2.02. The second-order valence-corrected chi connectivity index (χ2v) is 9.43. The zero-order valence-corrected chi connectivity index (χ0v) is 15.1. The fraction of sp³-hybridized carbons (Fsp3) is 0.500. The number of hydrogen-bond acceptors (Lipinski definition) is 4. The molecule has 0 fully saturated rings. The molecule has 9 heteroatoms. The van der Waals surface area contributed by atoms with E-state index in [0.29, 0.717) is 5.33 Å². The maximum atomic E-state index is 13.9. The van der Waals surface area contributed by atoms with Gasteiger partial charge in [-0.15, -0.1) is 0 Å². The van der Waals surface area contributed by atoms with Crippen molar-refractivity contribution in [3.63, 3.8) is 0 Å². The van der Waals surface area contributed by atoms with Crippen molar-refractivity contribution in [2.45, 2.75) is 29.7 Å². The molecule has 1 aromatic carbocycles. The number of hydrogen-bond donors (Lipinski definition) is 0. The number of halogens is 2. The third kappa shape index (κ3) is 4.24. The van der Waals surface area contributed by atoms with E-state index in [0.717, 1.165) is 28.8 Å². The van der Waals surface area contributed by atoms with E-state index in [1.807, 2.05) is 0 Å². The third-order valence-corrected chi connectivity index (χ3v) is 6.35. The van der Waals surface area contributed by atoms with Gasteiger partial charge in [-0.2, -0.15) is 4.31 Å². The summed E-state index contributed by atoms with van der Waals surface area (Å²) in [5, 5.41) is 0.387. The molecule has 0 radical (unpaired) electrons. The molecule has 0 aliphatic heterocycles. The SMILES string of the molecule is CC(C)N(CCBr)S(=O)(=O)c1cc(S(C)(=O)=O)ccc1F. The number of sulfonamides is 1. The number of rotatable bonds is 6. The van der Waals surface area contributed by atoms with Crippen molar-refractivity contribution >= 4 is 35.8 Å². The van der Waals surface area contributed by atoms with Gasteiger partial charge in [-0.3, -0.25) is 0 Å². The molecular weight excluding hydrogens is 385 g/mol. The molecule has 0 unspecified atom stereocenters. The lowest BCUT2D eigenvalue weighted by Crippen LogP contribution is -2.38. The Kier molecular flexibility index (Phi) is 5.93. The van der Waals surface area contributed by atoms with Crippen LogP contribution in [0, 0.1) is 5.82 Å². The smallest absolute Gasteiger partial charge is 0.224 e. The van der Waals surface area contributed by atoms with Crippen LogP contribution < -0.4 is 0 Å². The van der Waals surface area contributed by atoms with Crippen LogP contribution >= 0.6 is 15.9 Å². The molecule has 5 nitrogen and oxygen atoms in total. The first kappa shape index (κ1) is 18.5. The molecule has 1 rings (SSSR count). The zero-order valence-electron chi connectivity index (χ0n) is 11.9. The summed E-state index contributed by atoms with van der Waals surface area (Å²) in [6.45, 7) is 3.49. The van der Waals surface area contributed by atoms with Crippen molar-refractivity contribution in [3.8, 4) is 0 Å². The van der Waals surface area contributed by atoms with Crippen LogP contribution in [0.15, 0.2) is 28.0 Å². The van der Waals surface area contributed by atoms with Gasteiger partial charge < -0.3 is 0 Å². The average Bonchev–Trinajstić information content (AvgIpc) is 2.34. The van der Waals surface area contributed by atoms with Crippen LogP contribution in [0.1, 0.15) is 13.8 Å². The molecule has 0 saturated carbocycles. The van der Waals surface area contributed by atoms with Crippen molar-refractivity contribution in [2.75, 3.05) is 18.1 Å². The molecule has 0 aromatic heterocycles. The molecule has 21 heavy (non-hydrogen) atoms. The third-order valence-electron chi connectivity index (χ3n) is 2.80. The van der Waals surface area contributed by atoms with Crippen molar-refractivity contribution in [2.24, 2.45) is 0 Å². The summed E-state index contributed by atoms with van der Waals surface area (Å²) < 4.78 is 63.1. The van der Waals surface area contributed by atoms with Gasteiger partial charge in [0, 0.05) is 24.2 Å². The van der Waals surface area contributed by atoms with Crippen LogP contribution in [0.5, 0.6) is 0 Å². The summed E-state index contributed by atoms with van der Waals surface area (Å²) in [6.07, 6.45) is 0.940. The highest BCUT2D eigenvalue weighted by atomic mass is 79.9. The van der Waals surface area contributed by atoms with Gasteiger partial charge in [0.1, 0.15) is 10.7 Å². The van der Waals surface area contributed by atoms with Crippen LogP contribution in [0.25, 0.3) is 0 Å². The van der Waals surface area contributed by atoms with Gasteiger partial charge >= 0.3 is 0 Å². The van der Waals surface area contributed by atoms with Crippen molar-refractivity contribution in [1.82, 2.24) is 4.31 Å². The summed E-state index contributed by atoms with van der Waals surface area (Å²) in [5.41, 5.74) is 0. The van der Waals surface area contributed by atoms with E-state index in [1.54, 1.807) is 13.8 Å². The Bertz CT molecular complexity index is 717. The Morgan fingerprint density at radius 3 is 2.24 bits per heavy atom. The van der Waals surface area contributed by atoms with E-state index in [9.17, 15) is 21.2 Å². The van der Waals surface area contributed by atoms with Gasteiger partial charge in [0.2, 0.25) is 10.0 Å². The highest BCUT2D eigenvalue weighted by Gasteiger charge is 2.30. The van der Waals surface area contributed by atoms with Gasteiger partial charge in [0.05, 0.1) is 4.90 Å². The maximum Gasteiger partial charge on any atom is 0.246 e. The van der Waals surface area contributed by atoms with E-state index in [1.165, 1.54) is 0 Å². The topological polar surface area (TPSA) is 71.5 Å². The van der Waals surface area contributed by atoms with Gasteiger partial charge in [-0.1, -0.05) is 15.9 Å². The van der Waals surface area contributed by atoms with E-state index >= 15 is 0 Å². The summed E-state index contributed by atoms with van der Waals surface area (Å²) >= 11 is 3.15. The molecule has 0 saturated heterocycles. The van der Waals surface area contributed by atoms with Crippen molar-refractivity contribution in [1.29, 1.82) is 0 Å². The highest BCUT2D eigenvalue weighted by molar-refractivity contribution is 9.09. The minimum Gasteiger partial charge on any atom is -0.224 e. The first-order chi connectivity index (χ1) is 9.51. The first-order valence-electron chi connectivity index (χ1n) is 6.09. The number of sulfone groups is 1. The largest absolute Gasteiger partial charge is 0.246 e. The molecule has 120 valence electrons. The average molecular weight is 402 g/mol. The van der Waals surface area contributed by atoms with Crippen LogP contribution in [-0.2, 0) is 19.9 Å². The molecule has 0 aliphatic carbocycles. The van der Waals surface area contributed by atoms with Crippen LogP contribution in [0.4, 0.5) is 4.39 Å². The number of alkyl halides is 1. The molecule has 0 aliphatic rings. The molecule has 0 atom stereocenters. The Balaban J connectivity index is 3.50. The van der Waals surface area contributed by atoms with Crippen molar-refractivity contribution in [3.05, 3.63) is 24.0 Å². The van der Waals surface area contributed by atoms with Crippen LogP contribution in [0.2, 0.25) is 0 Å². The zero-order chi connectivity index (χ0) is 16.4. The second kappa shape index (κ2) is 6.72. The lowest BCUT2D eigenvalue weighted by molar-refractivity contribution is 0.369. The van der Waals surface area contributed by atoms with E-state index in [2.05, 4.69) is 15.9 Å². The predicted molar refractivity (Wildman–Crippen MR) is 82.3 cm³/mol. The molecular formula is C12H17BrFNO4S2. The monoisotopic (exact) mass is 401 g/mol. The molecule has 0 spiro atoms. The van der Waals surface area contributed by atoms with Gasteiger partial charge in [0.15, 0.2) is 9.84 Å². The standard InChI is InChI=1S/C12H17BrFNO4S2/c1-9(2)15(7-6-13)21(18,19)12-8-10(20(3,16)17)4-5-11(12)14/h4-5,8-9H,6-7H2,1-3H3. The van der Waals surface area contributed by atoms with Gasteiger partial charge in [0.25, 0.3) is 0 Å². The van der Waals surface area contributed by atoms with E-state index in [-0.39, 0.29) is 17.5 Å². The Morgan fingerprint density at radius 1 is 1.24 bits per heavy atom. The maximum absolute atomic E-state index is 13.9. The molecule has 0 heterocycles. The van der Waals surface area contributed by atoms with Crippen molar-refractivity contribution < 1.29 is 21.2 Å². The molecule has 0 bridgehead atoms. The van der Waals surface area contributed by atoms with Crippen LogP contribution in [0.3, 0.4) is 0 Å². The van der Waals surface area contributed by atoms with E-state index < -0.39 is 30.6 Å². The van der Waals surface area contributed by atoms with E-state index in [4.69, 9.17) is 0 Å². The first-order valence-corrected chi connectivity index (χ1v) is 10.5. The Hall–Kier alpha value is -0.510. The fourth-order valence-corrected chi connectivity index (χ4v) is 4.85. The number of benzene rings is 1. The minimum atomic E-state index is -4.11. The number of nitrogens with zero attached hydrogens (tertiary/aromatic N) is 1. The fourth-order valence-electron chi connectivity index (χ4n) is 1.78. The molecule has 0 amide bonds. The summed E-state index contributed by atoms with van der Waals surface area (Å²) in [4.78, 5) is -0.856. The quantitative estimate of drug-likeness (QED) is 0.539. The summed E-state index contributed by atoms with van der Waals surface area (Å²) in [6, 6.07) is 2.39. The Morgan fingerprint density at radius 2 is 1.81 bits per heavy atom. The summed E-state index contributed by atoms with van der Waals surface area (Å²) in [7, 11) is -7.73. The lowest BCUT2D eigenvalue weighted by Gasteiger charge is -2.25. The molecule has 0 N–H and O–H groups in total. The van der Waals surface area contributed by atoms with Gasteiger partial charge in [-0.25, -0.2) is 21.2 Å². The second-order valence-electron chi connectivity index (χ2n) is 4.76. The summed E-state index contributed by atoms with van der Waals surface area (Å²) in [5.74, 6) is -0.970. The Labute approximate surface area is 133 Å². The van der Waals surface area contributed by atoms with Gasteiger partial charge in [-0.05, 0) is 32.0 Å². The minimum absolute atomic E-state index is 0.155.